The quantitative estimate of drug-likeness (QED) is 0.935. The van der Waals surface area contributed by atoms with Gasteiger partial charge in [0.25, 0.3) is 0 Å². The largest absolute Gasteiger partial charge is 0.381 e. The van der Waals surface area contributed by atoms with Crippen LogP contribution in [0.1, 0.15) is 49.5 Å². The van der Waals surface area contributed by atoms with Crippen molar-refractivity contribution in [2.45, 2.75) is 37.6 Å². The van der Waals surface area contributed by atoms with Gasteiger partial charge in [-0.15, -0.1) is 0 Å². The van der Waals surface area contributed by atoms with Crippen molar-refractivity contribution >= 4 is 0 Å². The van der Waals surface area contributed by atoms with E-state index < -0.39 is 0 Å². The van der Waals surface area contributed by atoms with E-state index in [0.29, 0.717) is 19.1 Å². The van der Waals surface area contributed by atoms with E-state index in [0.717, 1.165) is 25.1 Å². The second-order valence-corrected chi connectivity index (χ2v) is 5.53. The maximum atomic E-state index is 6.00. The Morgan fingerprint density at radius 1 is 1.24 bits per heavy atom. The normalized spacial score (nSPS) is 19.3. The predicted molar refractivity (Wildman–Crippen MR) is 78.8 cm³/mol. The average Bonchev–Trinajstić information content (AvgIpc) is 3.06. The monoisotopic (exact) mass is 287 g/mol. The first-order valence-corrected chi connectivity index (χ1v) is 7.49. The molecular formula is C16H21N3O2. The highest BCUT2D eigenvalue weighted by molar-refractivity contribution is 5.33. The molecule has 0 unspecified atom stereocenters. The van der Waals surface area contributed by atoms with Gasteiger partial charge in [0.2, 0.25) is 5.89 Å². The summed E-state index contributed by atoms with van der Waals surface area (Å²) >= 11 is 0. The van der Waals surface area contributed by atoms with Crippen LogP contribution in [-0.2, 0) is 10.2 Å². The summed E-state index contributed by atoms with van der Waals surface area (Å²) in [4.78, 5) is 4.59. The third-order valence-electron chi connectivity index (χ3n) is 4.30. The van der Waals surface area contributed by atoms with Gasteiger partial charge in [-0.25, -0.2) is 0 Å². The number of aromatic nitrogens is 2. The summed E-state index contributed by atoms with van der Waals surface area (Å²) in [6.45, 7) is 3.42. The molecule has 0 spiro atoms. The molecule has 0 saturated carbocycles. The minimum Gasteiger partial charge on any atom is -0.381 e. The molecule has 112 valence electrons. The van der Waals surface area contributed by atoms with Crippen molar-refractivity contribution in [2.75, 3.05) is 13.2 Å². The second-order valence-electron chi connectivity index (χ2n) is 5.53. The molecule has 21 heavy (non-hydrogen) atoms. The Morgan fingerprint density at radius 3 is 2.62 bits per heavy atom. The first kappa shape index (κ1) is 14.2. The fourth-order valence-electron chi connectivity index (χ4n) is 2.87. The van der Waals surface area contributed by atoms with Crippen molar-refractivity contribution in [2.24, 2.45) is 5.73 Å². The van der Waals surface area contributed by atoms with E-state index in [-0.39, 0.29) is 11.5 Å². The van der Waals surface area contributed by atoms with Gasteiger partial charge < -0.3 is 15.0 Å². The van der Waals surface area contributed by atoms with Gasteiger partial charge in [0.15, 0.2) is 5.82 Å². The minimum absolute atomic E-state index is 0.195. The van der Waals surface area contributed by atoms with Gasteiger partial charge in [-0.3, -0.25) is 0 Å². The van der Waals surface area contributed by atoms with Crippen molar-refractivity contribution in [3.63, 3.8) is 0 Å². The van der Waals surface area contributed by atoms with Crippen LogP contribution in [0.15, 0.2) is 34.9 Å². The second kappa shape index (κ2) is 5.95. The van der Waals surface area contributed by atoms with Crippen LogP contribution in [0.3, 0.4) is 0 Å². The number of hydrogen-bond acceptors (Lipinski definition) is 5. The van der Waals surface area contributed by atoms with Gasteiger partial charge >= 0.3 is 0 Å². The predicted octanol–water partition coefficient (Wildman–Crippen LogP) is 2.58. The lowest BCUT2D eigenvalue weighted by Crippen LogP contribution is -2.36. The summed E-state index contributed by atoms with van der Waals surface area (Å²) in [7, 11) is 0. The third-order valence-corrected chi connectivity index (χ3v) is 4.30. The highest BCUT2D eigenvalue weighted by Gasteiger charge is 2.40. The molecule has 5 heteroatoms. The molecule has 2 aromatic rings. The molecule has 1 aromatic heterocycles. The van der Waals surface area contributed by atoms with Crippen molar-refractivity contribution in [3.8, 4) is 0 Å². The molecule has 0 radical (unpaired) electrons. The fraction of sp³-hybridized carbons (Fsp3) is 0.500. The molecule has 1 saturated heterocycles. The third kappa shape index (κ3) is 2.59. The van der Waals surface area contributed by atoms with E-state index in [1.54, 1.807) is 0 Å². The summed E-state index contributed by atoms with van der Waals surface area (Å²) in [5.41, 5.74) is 6.98. The highest BCUT2D eigenvalue weighted by atomic mass is 16.5. The summed E-state index contributed by atoms with van der Waals surface area (Å²) in [6, 6.07) is 10.2. The van der Waals surface area contributed by atoms with E-state index in [9.17, 15) is 0 Å². The smallest absolute Gasteiger partial charge is 0.243 e. The Labute approximate surface area is 124 Å². The van der Waals surface area contributed by atoms with Crippen molar-refractivity contribution in [1.82, 2.24) is 10.1 Å². The summed E-state index contributed by atoms with van der Waals surface area (Å²) < 4.78 is 10.9. The highest BCUT2D eigenvalue weighted by Crippen LogP contribution is 2.39. The fourth-order valence-corrected chi connectivity index (χ4v) is 2.87. The van der Waals surface area contributed by atoms with Crippen LogP contribution < -0.4 is 5.73 Å². The minimum atomic E-state index is -0.227. The summed E-state index contributed by atoms with van der Waals surface area (Å²) in [6.07, 6.45) is 2.50. The zero-order valence-corrected chi connectivity index (χ0v) is 12.3. The van der Waals surface area contributed by atoms with E-state index in [1.165, 1.54) is 5.56 Å². The van der Waals surface area contributed by atoms with Crippen LogP contribution in [0, 0.1) is 0 Å². The molecule has 1 atom stereocenters. The van der Waals surface area contributed by atoms with Crippen molar-refractivity contribution in [1.29, 1.82) is 0 Å². The van der Waals surface area contributed by atoms with Gasteiger partial charge in [-0.1, -0.05) is 42.4 Å². The van der Waals surface area contributed by atoms with Crippen molar-refractivity contribution < 1.29 is 9.26 Å². The molecule has 2 N–H and O–H groups in total. The lowest BCUT2D eigenvalue weighted by atomic mass is 9.73. The Morgan fingerprint density at radius 2 is 1.95 bits per heavy atom. The number of rotatable bonds is 4. The lowest BCUT2D eigenvalue weighted by Gasteiger charge is -2.34. The molecular weight excluding hydrogens is 266 g/mol. The van der Waals surface area contributed by atoms with Gasteiger partial charge in [-0.05, 0) is 24.8 Å². The maximum Gasteiger partial charge on any atom is 0.243 e. The molecule has 1 aliphatic heterocycles. The van der Waals surface area contributed by atoms with E-state index in [4.69, 9.17) is 15.0 Å². The van der Waals surface area contributed by atoms with E-state index >= 15 is 0 Å². The standard InChI is InChI=1S/C16H21N3O2/c1-2-13(17)14-18-15(19-21-14)16(8-10-20-11-9-16)12-6-4-3-5-7-12/h3-7,13H,2,8-11,17H2,1H3/t13-/m1/s1. The number of nitrogens with two attached hydrogens (primary N) is 1. The molecule has 0 bridgehead atoms. The molecule has 1 aliphatic rings. The van der Waals surface area contributed by atoms with Crippen LogP contribution in [0.5, 0.6) is 0 Å². The molecule has 5 nitrogen and oxygen atoms in total. The lowest BCUT2D eigenvalue weighted by molar-refractivity contribution is 0.0597. The van der Waals surface area contributed by atoms with Gasteiger partial charge in [0.1, 0.15) is 0 Å². The first-order chi connectivity index (χ1) is 10.3. The summed E-state index contributed by atoms with van der Waals surface area (Å²) in [5, 5.41) is 4.24. The maximum absolute atomic E-state index is 6.00. The van der Waals surface area contributed by atoms with Crippen LogP contribution in [0.4, 0.5) is 0 Å². The van der Waals surface area contributed by atoms with Crippen LogP contribution in [0.2, 0.25) is 0 Å². The zero-order chi connectivity index (χ0) is 14.7. The van der Waals surface area contributed by atoms with E-state index in [1.807, 2.05) is 25.1 Å². The van der Waals surface area contributed by atoms with Crippen molar-refractivity contribution in [3.05, 3.63) is 47.6 Å². The molecule has 0 aliphatic carbocycles. The van der Waals surface area contributed by atoms with Crippen LogP contribution in [0.25, 0.3) is 0 Å². The van der Waals surface area contributed by atoms with Gasteiger partial charge in [0, 0.05) is 13.2 Å². The van der Waals surface area contributed by atoms with Crippen LogP contribution in [-0.4, -0.2) is 23.4 Å². The zero-order valence-electron chi connectivity index (χ0n) is 12.3. The van der Waals surface area contributed by atoms with Gasteiger partial charge in [0.05, 0.1) is 11.5 Å². The first-order valence-electron chi connectivity index (χ1n) is 7.49. The molecule has 3 rings (SSSR count). The Hall–Kier alpha value is -1.72. The molecule has 1 aromatic carbocycles. The molecule has 1 fully saturated rings. The molecule has 2 heterocycles. The topological polar surface area (TPSA) is 74.2 Å². The SMILES string of the molecule is CC[C@@H](N)c1nc(C2(c3ccccc3)CCOCC2)no1. The number of hydrogen-bond donors (Lipinski definition) is 1. The Bertz CT molecular complexity index is 576. The summed E-state index contributed by atoms with van der Waals surface area (Å²) in [5.74, 6) is 1.25. The average molecular weight is 287 g/mol. The Kier molecular flexibility index (Phi) is 4.03. The number of benzene rings is 1. The number of ether oxygens (including phenoxy) is 1. The Balaban J connectivity index is 2.02. The number of nitrogens with zero attached hydrogens (tertiary/aromatic N) is 2. The van der Waals surface area contributed by atoms with Gasteiger partial charge in [-0.2, -0.15) is 4.98 Å². The van der Waals surface area contributed by atoms with Crippen LogP contribution >= 0.6 is 0 Å². The molecule has 0 amide bonds. The van der Waals surface area contributed by atoms with E-state index in [2.05, 4.69) is 22.3 Å².